The van der Waals surface area contributed by atoms with Crippen molar-refractivity contribution >= 4 is 19.8 Å². The van der Waals surface area contributed by atoms with Crippen LogP contribution >= 0.6 is 7.82 Å². The van der Waals surface area contributed by atoms with Gasteiger partial charge in [0.05, 0.1) is 13.2 Å². The molecule has 0 amide bonds. The number of unbranched alkanes of at least 4 members (excludes halogenated alkanes) is 19. The van der Waals surface area contributed by atoms with E-state index in [9.17, 15) is 19.0 Å². The van der Waals surface area contributed by atoms with Crippen LogP contribution in [0.3, 0.4) is 0 Å². The van der Waals surface area contributed by atoms with Gasteiger partial charge >= 0.3 is 19.8 Å². The van der Waals surface area contributed by atoms with Gasteiger partial charge in [-0.1, -0.05) is 189 Å². The molecule has 0 fully saturated rings. The maximum Gasteiger partial charge on any atom is 0.472 e. The fourth-order valence-corrected chi connectivity index (χ4v) is 7.34. The van der Waals surface area contributed by atoms with Crippen LogP contribution in [-0.2, 0) is 32.7 Å². The Morgan fingerprint density at radius 2 is 0.873 bits per heavy atom. The highest BCUT2D eigenvalue weighted by molar-refractivity contribution is 7.47. The number of phosphoric ester groups is 1. The van der Waals surface area contributed by atoms with Gasteiger partial charge in [-0.05, 0) is 89.9 Å². The fourth-order valence-electron chi connectivity index (χ4n) is 6.57. The van der Waals surface area contributed by atoms with Crippen LogP contribution in [0.15, 0.2) is 85.1 Å². The summed E-state index contributed by atoms with van der Waals surface area (Å²) in [6.45, 7) is 3.59. The molecule has 0 heterocycles. The van der Waals surface area contributed by atoms with Crippen molar-refractivity contribution in [3.05, 3.63) is 85.1 Å². The van der Waals surface area contributed by atoms with Crippen LogP contribution in [-0.4, -0.2) is 49.3 Å². The maximum atomic E-state index is 12.6. The minimum absolute atomic E-state index is 0.0456. The third-order valence-corrected chi connectivity index (χ3v) is 11.2. The predicted molar refractivity (Wildman–Crippen MR) is 265 cm³/mol. The molecule has 0 aromatic heterocycles. The molecule has 63 heavy (non-hydrogen) atoms. The molecule has 2 unspecified atom stereocenters. The quantitative estimate of drug-likeness (QED) is 0.0265. The molecule has 0 aliphatic carbocycles. The van der Waals surface area contributed by atoms with E-state index < -0.39 is 32.5 Å². The lowest BCUT2D eigenvalue weighted by atomic mass is 10.1. The van der Waals surface area contributed by atoms with Gasteiger partial charge in [-0.3, -0.25) is 18.6 Å². The van der Waals surface area contributed by atoms with E-state index in [1.54, 1.807) is 0 Å². The molecule has 0 aromatic carbocycles. The van der Waals surface area contributed by atoms with Crippen molar-refractivity contribution in [3.8, 4) is 0 Å². The van der Waals surface area contributed by atoms with Crippen LogP contribution < -0.4 is 5.73 Å². The molecular formula is C53H92NO8P. The standard InChI is InChI=1S/C53H92NO8P/c1-3-5-7-9-11-13-15-17-19-21-23-25-27-29-31-33-35-37-39-41-43-45-52(55)59-49-51(50-61-63(57,58)60-48-47-54)62-53(56)46-44-42-40-38-36-34-32-30-28-26-24-22-20-18-16-14-12-10-8-6-4-2/h6,8,12,14-15,17-18,20-21,23-24,26-27,29,51H,3-5,7,9-11,13,16,19,22,25,28,30-50,54H2,1-2H3,(H,57,58)/b8-6-,14-12-,17-15-,20-18-,23-21-,26-24-,29-27-. The summed E-state index contributed by atoms with van der Waals surface area (Å²) in [5.41, 5.74) is 5.36. The van der Waals surface area contributed by atoms with E-state index in [2.05, 4.69) is 98.9 Å². The summed E-state index contributed by atoms with van der Waals surface area (Å²) in [7, 11) is -4.39. The van der Waals surface area contributed by atoms with Crippen molar-refractivity contribution in [2.45, 2.75) is 213 Å². The zero-order chi connectivity index (χ0) is 46.0. The van der Waals surface area contributed by atoms with Crippen LogP contribution in [0.25, 0.3) is 0 Å². The van der Waals surface area contributed by atoms with Gasteiger partial charge in [-0.25, -0.2) is 4.57 Å². The molecule has 0 spiro atoms. The minimum atomic E-state index is -4.39. The first-order chi connectivity index (χ1) is 30.8. The number of hydrogen-bond donors (Lipinski definition) is 2. The third-order valence-electron chi connectivity index (χ3n) is 10.3. The number of carbonyl (C=O) groups is 2. The van der Waals surface area contributed by atoms with E-state index in [-0.39, 0.29) is 32.6 Å². The molecule has 0 bridgehead atoms. The Bertz CT molecular complexity index is 1300. The zero-order valence-electron chi connectivity index (χ0n) is 40.0. The Morgan fingerprint density at radius 3 is 1.30 bits per heavy atom. The number of nitrogens with two attached hydrogens (primary N) is 1. The Morgan fingerprint density at radius 1 is 0.492 bits per heavy atom. The minimum Gasteiger partial charge on any atom is -0.462 e. The number of carbonyl (C=O) groups excluding carboxylic acids is 2. The second-order valence-corrected chi connectivity index (χ2v) is 17.8. The number of ether oxygens (including phenoxy) is 2. The largest absolute Gasteiger partial charge is 0.472 e. The molecule has 10 heteroatoms. The van der Waals surface area contributed by atoms with Crippen molar-refractivity contribution in [1.29, 1.82) is 0 Å². The topological polar surface area (TPSA) is 134 Å². The normalized spacial score (nSPS) is 13.9. The summed E-state index contributed by atoms with van der Waals surface area (Å²) >= 11 is 0. The molecule has 362 valence electrons. The summed E-state index contributed by atoms with van der Waals surface area (Å²) in [4.78, 5) is 35.1. The highest BCUT2D eigenvalue weighted by Crippen LogP contribution is 2.43. The highest BCUT2D eigenvalue weighted by atomic mass is 31.2. The van der Waals surface area contributed by atoms with Crippen LogP contribution in [0.1, 0.15) is 206 Å². The number of esters is 2. The molecule has 0 aliphatic rings. The van der Waals surface area contributed by atoms with Crippen LogP contribution in [0.4, 0.5) is 0 Å². The van der Waals surface area contributed by atoms with Gasteiger partial charge in [-0.15, -0.1) is 0 Å². The van der Waals surface area contributed by atoms with Crippen molar-refractivity contribution in [2.24, 2.45) is 5.73 Å². The molecule has 0 saturated heterocycles. The van der Waals surface area contributed by atoms with E-state index in [0.717, 1.165) is 96.3 Å². The lowest BCUT2D eigenvalue weighted by molar-refractivity contribution is -0.161. The zero-order valence-corrected chi connectivity index (χ0v) is 40.9. The predicted octanol–water partition coefficient (Wildman–Crippen LogP) is 15.2. The molecular weight excluding hydrogens is 810 g/mol. The lowest BCUT2D eigenvalue weighted by Crippen LogP contribution is -2.29. The van der Waals surface area contributed by atoms with Crippen molar-refractivity contribution in [3.63, 3.8) is 0 Å². The van der Waals surface area contributed by atoms with Gasteiger partial charge in [-0.2, -0.15) is 0 Å². The highest BCUT2D eigenvalue weighted by Gasteiger charge is 2.26. The van der Waals surface area contributed by atoms with Crippen molar-refractivity contribution in [2.75, 3.05) is 26.4 Å². The Labute approximate surface area is 385 Å². The molecule has 3 N–H and O–H groups in total. The van der Waals surface area contributed by atoms with Crippen molar-refractivity contribution in [1.82, 2.24) is 0 Å². The van der Waals surface area contributed by atoms with E-state index in [1.165, 1.54) is 70.6 Å². The van der Waals surface area contributed by atoms with Gasteiger partial charge in [0, 0.05) is 19.4 Å². The number of phosphoric acid groups is 1. The monoisotopic (exact) mass is 902 g/mol. The first-order valence-corrected chi connectivity index (χ1v) is 26.6. The molecule has 0 rings (SSSR count). The molecule has 0 aliphatic heterocycles. The molecule has 0 aromatic rings. The number of allylic oxidation sites excluding steroid dienone is 14. The summed E-state index contributed by atoms with van der Waals surface area (Å²) in [5.74, 6) is -0.856. The van der Waals surface area contributed by atoms with E-state index >= 15 is 0 Å². The molecule has 0 radical (unpaired) electrons. The summed E-state index contributed by atoms with van der Waals surface area (Å²) in [6, 6.07) is 0. The van der Waals surface area contributed by atoms with Gasteiger partial charge in [0.15, 0.2) is 6.10 Å². The first-order valence-electron chi connectivity index (χ1n) is 25.1. The van der Waals surface area contributed by atoms with Crippen molar-refractivity contribution < 1.29 is 37.6 Å². The van der Waals surface area contributed by atoms with E-state index in [1.807, 2.05) is 0 Å². The smallest absolute Gasteiger partial charge is 0.462 e. The van der Waals surface area contributed by atoms with E-state index in [0.29, 0.717) is 12.8 Å². The van der Waals surface area contributed by atoms with Crippen LogP contribution in [0.5, 0.6) is 0 Å². The van der Waals surface area contributed by atoms with Gasteiger partial charge < -0.3 is 20.1 Å². The summed E-state index contributed by atoms with van der Waals surface area (Å²) in [5, 5.41) is 0. The van der Waals surface area contributed by atoms with E-state index in [4.69, 9.17) is 24.3 Å². The van der Waals surface area contributed by atoms with Gasteiger partial charge in [0.1, 0.15) is 6.61 Å². The summed E-state index contributed by atoms with van der Waals surface area (Å²) in [6.07, 6.45) is 61.8. The molecule has 0 saturated carbocycles. The summed E-state index contributed by atoms with van der Waals surface area (Å²) < 4.78 is 32.9. The third kappa shape index (κ3) is 48.5. The maximum absolute atomic E-state index is 12.6. The second kappa shape index (κ2) is 48.6. The lowest BCUT2D eigenvalue weighted by Gasteiger charge is -2.19. The second-order valence-electron chi connectivity index (χ2n) is 16.3. The van der Waals surface area contributed by atoms with Crippen LogP contribution in [0.2, 0.25) is 0 Å². The molecule has 9 nitrogen and oxygen atoms in total. The Kier molecular flexibility index (Phi) is 46.5. The fraction of sp³-hybridized carbons (Fsp3) is 0.698. The van der Waals surface area contributed by atoms with Gasteiger partial charge in [0.25, 0.3) is 0 Å². The number of rotatable bonds is 46. The SMILES string of the molecule is CC/C=C\C/C=C\C/C=C\C/C=C\CCCCCCCCCCC(=O)OC(COC(=O)CCCCCCCC/C=C\C/C=C\C/C=C\CCCCCCC)COP(=O)(O)OCCN. The Hall–Kier alpha value is -2.81. The number of hydrogen-bond acceptors (Lipinski definition) is 8. The first kappa shape index (κ1) is 60.2. The van der Waals surface area contributed by atoms with Crippen LogP contribution in [0, 0.1) is 0 Å². The van der Waals surface area contributed by atoms with Gasteiger partial charge in [0.2, 0.25) is 0 Å². The molecule has 2 atom stereocenters. The average molecular weight is 902 g/mol. The Balaban J connectivity index is 4.13. The average Bonchev–Trinajstić information content (AvgIpc) is 3.27.